The Morgan fingerprint density at radius 2 is 0.925 bits per heavy atom. The zero-order valence-corrected chi connectivity index (χ0v) is 67.7. The van der Waals surface area contributed by atoms with Crippen molar-refractivity contribution in [2.75, 3.05) is 50.0 Å². The van der Waals surface area contributed by atoms with Gasteiger partial charge in [0.2, 0.25) is 29.5 Å². The van der Waals surface area contributed by atoms with Crippen LogP contribution in [-0.2, 0) is 59.2 Å². The van der Waals surface area contributed by atoms with Crippen molar-refractivity contribution in [2.24, 2.45) is 0 Å². The van der Waals surface area contributed by atoms with E-state index in [1.54, 1.807) is 44.9 Å². The molecular weight excluding hydrogens is 1500 g/mol. The second-order valence-electron chi connectivity index (χ2n) is 30.8. The van der Waals surface area contributed by atoms with Crippen LogP contribution in [0, 0.1) is 41.5 Å². The van der Waals surface area contributed by atoms with Crippen LogP contribution in [0.3, 0.4) is 0 Å². The fraction of sp³-hybridized carbons (Fsp3) is 0.381. The highest BCUT2D eigenvalue weighted by Gasteiger charge is 2.55. The average molecular weight is 1590 g/mol. The number of anilines is 3. The number of halogens is 2. The number of carbonyl (C=O) groups is 3. The number of amides is 3. The summed E-state index contributed by atoms with van der Waals surface area (Å²) in [6.07, 6.45) is 13.0. The first-order valence-electron chi connectivity index (χ1n) is 36.5. The van der Waals surface area contributed by atoms with Crippen molar-refractivity contribution in [1.29, 1.82) is 0 Å². The molecule has 3 aliphatic carbocycles. The molecule has 4 fully saturated rings. The van der Waals surface area contributed by atoms with Gasteiger partial charge in [0, 0.05) is 54.0 Å². The molecule has 0 unspecified atom stereocenters. The van der Waals surface area contributed by atoms with E-state index in [2.05, 4.69) is 95.5 Å². The van der Waals surface area contributed by atoms with Gasteiger partial charge in [-0.2, -0.15) is 0 Å². The number of aromatic nitrogens is 5. The van der Waals surface area contributed by atoms with Crippen molar-refractivity contribution in [3.05, 3.63) is 216 Å². The topological polar surface area (TPSA) is 236 Å². The van der Waals surface area contributed by atoms with E-state index in [1.165, 1.54) is 16.7 Å². The van der Waals surface area contributed by atoms with E-state index in [-0.39, 0.29) is 34.5 Å². The van der Waals surface area contributed by atoms with E-state index in [9.17, 15) is 19.2 Å². The third kappa shape index (κ3) is 17.5. The van der Waals surface area contributed by atoms with Gasteiger partial charge in [0.1, 0.15) is 34.5 Å². The number of nitrogens with zero attached hydrogens (tertiary/aromatic N) is 4. The van der Waals surface area contributed by atoms with Crippen LogP contribution in [0.25, 0.3) is 22.5 Å². The van der Waals surface area contributed by atoms with Crippen LogP contribution in [0.4, 0.5) is 17.3 Å². The first kappa shape index (κ1) is 77.7. The van der Waals surface area contributed by atoms with Crippen molar-refractivity contribution in [2.45, 2.75) is 174 Å². The summed E-state index contributed by atoms with van der Waals surface area (Å²) in [4.78, 5) is 72.3. The number of hydrogen-bond acceptors (Lipinski definition) is 15. The molecule has 3 saturated carbocycles. The Hall–Kier alpha value is -8.94. The van der Waals surface area contributed by atoms with Crippen molar-refractivity contribution < 1.29 is 47.4 Å². The molecule has 23 heteroatoms. The predicted octanol–water partition coefficient (Wildman–Crippen LogP) is 16.2. The molecule has 107 heavy (non-hydrogen) atoms. The number of aromatic amines is 1. The smallest absolute Gasteiger partial charge is 0.493 e. The minimum absolute atomic E-state index is 0.0111. The summed E-state index contributed by atoms with van der Waals surface area (Å²) in [5.74, 6) is 4.86. The van der Waals surface area contributed by atoms with E-state index >= 15 is 0 Å². The molecule has 0 bridgehead atoms. The normalized spacial score (nSPS) is 16.9. The number of fused-ring (bicyclic) bond motifs is 3. The number of methoxy groups -OCH3 is 2. The number of nitrogens with one attached hydrogen (secondary N) is 4. The highest BCUT2D eigenvalue weighted by Crippen LogP contribution is 2.53. The zero-order chi connectivity index (χ0) is 76.5. The van der Waals surface area contributed by atoms with Crippen LogP contribution in [0.15, 0.2) is 139 Å². The summed E-state index contributed by atoms with van der Waals surface area (Å²) in [5, 5.41) is 9.74. The van der Waals surface area contributed by atoms with Crippen molar-refractivity contribution in [3.8, 4) is 51.5 Å². The van der Waals surface area contributed by atoms with E-state index in [0.29, 0.717) is 52.9 Å². The Morgan fingerprint density at radius 1 is 0.523 bits per heavy atom. The molecule has 4 aliphatic heterocycles. The van der Waals surface area contributed by atoms with Crippen molar-refractivity contribution in [3.63, 3.8) is 0 Å². The number of hydrogen-bond donors (Lipinski definition) is 4. The van der Waals surface area contributed by atoms with Gasteiger partial charge in [0.25, 0.3) is 5.56 Å². The summed E-state index contributed by atoms with van der Waals surface area (Å²) >= 11 is 8.66. The third-order valence-corrected chi connectivity index (χ3v) is 21.2. The quantitative estimate of drug-likeness (QED) is 0.0450. The van der Waals surface area contributed by atoms with Gasteiger partial charge in [-0.3, -0.25) is 19.2 Å². The predicted molar refractivity (Wildman–Crippen MR) is 434 cm³/mol. The fourth-order valence-corrected chi connectivity index (χ4v) is 13.6. The Bertz CT molecular complexity index is 4930. The summed E-state index contributed by atoms with van der Waals surface area (Å²) in [6.45, 7) is 28.9. The molecule has 9 heterocycles. The maximum absolute atomic E-state index is 13.3. The third-order valence-electron chi connectivity index (χ3n) is 20.8. The average Bonchev–Trinajstić information content (AvgIpc) is 1.61. The van der Waals surface area contributed by atoms with Crippen molar-refractivity contribution in [1.82, 2.24) is 24.9 Å². The number of ether oxygens (including phenoxy) is 5. The Morgan fingerprint density at radius 3 is 1.36 bits per heavy atom. The van der Waals surface area contributed by atoms with Gasteiger partial charge >= 0.3 is 7.12 Å². The number of benzene rings is 4. The lowest BCUT2D eigenvalue weighted by Gasteiger charge is -2.32. The zero-order valence-electron chi connectivity index (χ0n) is 63.8. The second kappa shape index (κ2) is 31.3. The molecule has 7 aliphatic rings. The minimum atomic E-state index is -0.641. The van der Waals surface area contributed by atoms with Gasteiger partial charge in [0.15, 0.2) is 0 Å². The van der Waals surface area contributed by atoms with Gasteiger partial charge in [-0.1, -0.05) is 91.9 Å². The molecule has 0 atom stereocenters. The molecule has 19 nitrogen and oxygen atoms in total. The molecule has 0 radical (unpaired) electrons. The molecule has 558 valence electrons. The van der Waals surface area contributed by atoms with E-state index in [0.717, 1.165) is 154 Å². The van der Waals surface area contributed by atoms with Gasteiger partial charge in [-0.15, -0.1) is 21.8 Å². The highest BCUT2D eigenvalue weighted by atomic mass is 127. The molecule has 4 N–H and O–H groups in total. The Labute approximate surface area is 646 Å². The van der Waals surface area contributed by atoms with E-state index in [1.807, 2.05) is 154 Å². The lowest BCUT2D eigenvalue weighted by atomic mass is 9.79. The summed E-state index contributed by atoms with van der Waals surface area (Å²) in [5.41, 5.74) is 14.0. The summed E-state index contributed by atoms with van der Waals surface area (Å²) < 4.78 is 39.5. The molecule has 16 rings (SSSR count). The number of pyridine rings is 5. The number of H-pyrrole nitrogens is 1. The van der Waals surface area contributed by atoms with Gasteiger partial charge < -0.3 is 53.9 Å². The Kier molecular flexibility index (Phi) is 22.7. The van der Waals surface area contributed by atoms with Crippen LogP contribution in [0.1, 0.15) is 133 Å². The fourth-order valence-electron chi connectivity index (χ4n) is 13.4. The van der Waals surface area contributed by atoms with Gasteiger partial charge in [0.05, 0.1) is 84.0 Å². The maximum atomic E-state index is 13.3. The summed E-state index contributed by atoms with van der Waals surface area (Å²) in [6, 6.07) is 37.3. The first-order valence-corrected chi connectivity index (χ1v) is 43.5. The van der Waals surface area contributed by atoms with Gasteiger partial charge in [-0.25, -0.2) is 19.9 Å². The highest BCUT2D eigenvalue weighted by molar-refractivity contribution is 14.1. The van der Waals surface area contributed by atoms with E-state index in [4.69, 9.17) is 49.6 Å². The molecule has 3 amide bonds. The van der Waals surface area contributed by atoms with Gasteiger partial charge in [-0.05, 0) is 229 Å². The van der Waals surface area contributed by atoms with Crippen LogP contribution in [-0.4, -0.2) is 101 Å². The second-order valence-corrected chi connectivity index (χ2v) is 45.1. The largest absolute Gasteiger partial charge is 0.500 e. The molecule has 4 aromatic carbocycles. The monoisotopic (exact) mass is 1590 g/mol. The van der Waals surface area contributed by atoms with Crippen molar-refractivity contribution >= 4 is 86.6 Å². The number of rotatable bonds is 14. The van der Waals surface area contributed by atoms with Crippen LogP contribution < -0.4 is 50.7 Å². The number of aryl methyl sites for hydroxylation is 6. The maximum Gasteiger partial charge on any atom is 0.500 e. The summed E-state index contributed by atoms with van der Waals surface area (Å²) in [7, 11) is 2.77. The van der Waals surface area contributed by atoms with Crippen LogP contribution in [0.2, 0.25) is 24.7 Å². The molecule has 9 aromatic rings. The first-order chi connectivity index (χ1) is 50.8. The van der Waals surface area contributed by atoms with Crippen LogP contribution >= 0.6 is 33.4 Å². The molecule has 0 spiro atoms. The van der Waals surface area contributed by atoms with Crippen LogP contribution in [0.5, 0.6) is 29.0 Å². The van der Waals surface area contributed by atoms with E-state index < -0.39 is 28.9 Å². The minimum Gasteiger partial charge on any atom is -0.493 e. The lowest BCUT2D eigenvalue weighted by molar-refractivity contribution is -0.119. The standard InChI is InChI=1S/C25H25N3O3.C24H23N3O3.C19H18ClNO2.C13H20BNO3.C3H9ISi/c1-15-12-19(23(30-3)26-14-15)22-16(2)4-7-21(27-22)28-24(29)25(9-10-25)18-5-6-20-17(13-18)8-11-31-20;1-14-11-18(22(28)25-13-14)21-15(2)3-6-20(26-21)27-23(29)24(8-9-24)17-4-5-19-16(12-17)7-10-30-19;1-12-2-4-15(11-16(12)20)21-18(22)19(7-8-19)14-3-5-17-13(10-14)6-9-23-17;1-9-7-10(11(16-6)15-8-9)14-17-12(2,3)13(4,5)18-14;1-5(2,3)4/h4-7,12-14H,8-11H2,1-3H3,(H,27,28,29);3-6,11-13H,7-10H2,1-2H3,(H,25,28)(H,26,27,29);2-5,10-11H,6-9H2,1H3,(H,21,22);7-8H,1-6H3;1-3H3. The SMILES string of the molecule is COc1ncc(C)cc1-c1nc(NC(=O)C2(c3ccc4c(c3)CCO4)CC2)ccc1C.COc1ncc(C)cc1B1OC(C)(C)C(C)(C)O1.C[Si](C)(C)I.Cc1c[nH]c(=O)c(-c2nc(NC(=O)C3(c4ccc5c(c4)CCO5)CC3)ccc2C)c1.Cc1ccc(NC(=O)C2(c3ccc4c(c3)CCO4)CC2)cc1Cl. The molecule has 5 aromatic heterocycles. The number of carbonyl (C=O) groups excluding carboxylic acids is 3. The lowest BCUT2D eigenvalue weighted by Crippen LogP contribution is -2.41. The molecular formula is C84H95BClIN8O11Si. The Balaban J connectivity index is 0.000000133. The molecule has 1 saturated heterocycles.